The highest BCUT2D eigenvalue weighted by atomic mass is 32.2. The maximum Gasteiger partial charge on any atom is 0.357 e. The molecule has 2 aromatic rings. The molecule has 3 rings (SSSR count). The first-order chi connectivity index (χ1) is 15.5. The number of carbonyl (C=O) groups excluding carboxylic acids is 2. The molecule has 1 aliphatic heterocycles. The molecule has 1 aliphatic rings. The van der Waals surface area contributed by atoms with Crippen molar-refractivity contribution >= 4 is 35.0 Å². The number of aromatic nitrogens is 1. The van der Waals surface area contributed by atoms with Gasteiger partial charge >= 0.3 is 5.97 Å². The molecule has 8 heteroatoms. The Morgan fingerprint density at radius 2 is 2.09 bits per heavy atom. The number of esters is 1. The molecule has 1 aromatic carbocycles. The summed E-state index contributed by atoms with van der Waals surface area (Å²) in [6.45, 7) is 4.89. The Morgan fingerprint density at radius 1 is 1.31 bits per heavy atom. The zero-order valence-electron chi connectivity index (χ0n) is 18.8. The van der Waals surface area contributed by atoms with Gasteiger partial charge in [-0.2, -0.15) is 0 Å². The van der Waals surface area contributed by atoms with E-state index in [0.29, 0.717) is 31.0 Å². The summed E-state index contributed by atoms with van der Waals surface area (Å²) in [7, 11) is 0. The summed E-state index contributed by atoms with van der Waals surface area (Å²) < 4.78 is 5.78. The predicted octanol–water partition coefficient (Wildman–Crippen LogP) is 5.39. The lowest BCUT2D eigenvalue weighted by atomic mass is 9.98. The quantitative estimate of drug-likeness (QED) is 0.251. The molecular weight excluding hydrogens is 444 g/mol. The van der Waals surface area contributed by atoms with Crippen molar-refractivity contribution in [1.29, 1.82) is 0 Å². The standard InChI is InChI=1S/C24H32N2O4S2/c1-3-5-6-7-21(27)18-10-8-17(9-11-18)20-12-13-22(28)26(20)14-15-31-24-25-19(16-32-24)23(29)30-4-2/h8-11,16,20-21,27H,3-7,12-15H2,1-2H3. The van der Waals surface area contributed by atoms with E-state index in [1.165, 1.54) is 11.3 Å². The Bertz CT molecular complexity index is 884. The average molecular weight is 477 g/mol. The number of benzene rings is 1. The number of aliphatic hydroxyl groups is 1. The van der Waals surface area contributed by atoms with E-state index < -0.39 is 12.1 Å². The monoisotopic (exact) mass is 476 g/mol. The number of likely N-dealkylation sites (tertiary alicyclic amines) is 1. The van der Waals surface area contributed by atoms with Crippen LogP contribution in [-0.2, 0) is 9.53 Å². The second-order valence-corrected chi connectivity index (χ2v) is 10.1. The number of unbranched alkanes of at least 4 members (excludes halogenated alkanes) is 2. The summed E-state index contributed by atoms with van der Waals surface area (Å²) in [6, 6.07) is 8.16. The number of amides is 1. The highest BCUT2D eigenvalue weighted by Gasteiger charge is 2.31. The van der Waals surface area contributed by atoms with Gasteiger partial charge in [0.1, 0.15) is 0 Å². The lowest BCUT2D eigenvalue weighted by molar-refractivity contribution is -0.128. The van der Waals surface area contributed by atoms with E-state index in [9.17, 15) is 14.7 Å². The van der Waals surface area contributed by atoms with E-state index in [-0.39, 0.29) is 11.9 Å². The molecule has 1 saturated heterocycles. The van der Waals surface area contributed by atoms with Crippen LogP contribution in [-0.4, -0.2) is 45.8 Å². The van der Waals surface area contributed by atoms with Crippen LogP contribution in [0.1, 0.15) is 86.1 Å². The number of nitrogens with zero attached hydrogens (tertiary/aromatic N) is 2. The minimum absolute atomic E-state index is 0.0702. The molecule has 174 valence electrons. The fourth-order valence-corrected chi connectivity index (χ4v) is 5.71. The highest BCUT2D eigenvalue weighted by molar-refractivity contribution is 8.01. The molecule has 32 heavy (non-hydrogen) atoms. The summed E-state index contributed by atoms with van der Waals surface area (Å²) >= 11 is 2.97. The van der Waals surface area contributed by atoms with Gasteiger partial charge in [-0.05, 0) is 30.9 Å². The van der Waals surface area contributed by atoms with Crippen LogP contribution in [0.5, 0.6) is 0 Å². The van der Waals surface area contributed by atoms with E-state index in [2.05, 4.69) is 11.9 Å². The topological polar surface area (TPSA) is 79.7 Å². The van der Waals surface area contributed by atoms with Crippen molar-refractivity contribution in [2.75, 3.05) is 18.9 Å². The molecule has 1 amide bonds. The molecule has 6 nitrogen and oxygen atoms in total. The average Bonchev–Trinajstić information content (AvgIpc) is 3.41. The zero-order valence-corrected chi connectivity index (χ0v) is 20.4. The summed E-state index contributed by atoms with van der Waals surface area (Å²) in [5.74, 6) is 0.488. The van der Waals surface area contributed by atoms with Gasteiger partial charge in [-0.25, -0.2) is 9.78 Å². The fourth-order valence-electron chi connectivity index (χ4n) is 3.91. The van der Waals surface area contributed by atoms with Crippen LogP contribution >= 0.6 is 23.1 Å². The first-order valence-electron chi connectivity index (χ1n) is 11.4. The molecule has 1 fully saturated rings. The first kappa shape index (κ1) is 24.7. The minimum atomic E-state index is -0.425. The van der Waals surface area contributed by atoms with Gasteiger partial charge in [0.15, 0.2) is 10.0 Å². The van der Waals surface area contributed by atoms with Crippen molar-refractivity contribution in [3.63, 3.8) is 0 Å². The largest absolute Gasteiger partial charge is 0.461 e. The van der Waals surface area contributed by atoms with Gasteiger partial charge in [-0.15, -0.1) is 11.3 Å². The molecule has 2 unspecified atom stereocenters. The van der Waals surface area contributed by atoms with Gasteiger partial charge in [0.2, 0.25) is 5.91 Å². The highest BCUT2D eigenvalue weighted by Crippen LogP contribution is 2.34. The van der Waals surface area contributed by atoms with Gasteiger partial charge in [0.25, 0.3) is 0 Å². The smallest absolute Gasteiger partial charge is 0.357 e. The van der Waals surface area contributed by atoms with Gasteiger partial charge in [0, 0.05) is 24.1 Å². The van der Waals surface area contributed by atoms with Crippen molar-refractivity contribution in [1.82, 2.24) is 9.88 Å². The summed E-state index contributed by atoms with van der Waals surface area (Å²) in [4.78, 5) is 30.5. The predicted molar refractivity (Wildman–Crippen MR) is 128 cm³/mol. The van der Waals surface area contributed by atoms with E-state index in [1.807, 2.05) is 29.2 Å². The number of ether oxygens (including phenoxy) is 1. The Morgan fingerprint density at radius 3 is 2.81 bits per heavy atom. The van der Waals surface area contributed by atoms with Crippen LogP contribution in [0.25, 0.3) is 0 Å². The van der Waals surface area contributed by atoms with Crippen LogP contribution in [0.3, 0.4) is 0 Å². The first-order valence-corrected chi connectivity index (χ1v) is 13.2. The molecule has 0 aliphatic carbocycles. The number of rotatable bonds is 12. The Balaban J connectivity index is 1.54. The van der Waals surface area contributed by atoms with Crippen molar-refractivity contribution < 1.29 is 19.4 Å². The lowest BCUT2D eigenvalue weighted by Gasteiger charge is -2.25. The molecule has 0 radical (unpaired) electrons. The Hall–Kier alpha value is -1.90. The van der Waals surface area contributed by atoms with Crippen molar-refractivity contribution in [3.8, 4) is 0 Å². The summed E-state index contributed by atoms with van der Waals surface area (Å²) in [5.41, 5.74) is 2.40. The molecule has 1 N–H and O–H groups in total. The molecular formula is C24H32N2O4S2. The lowest BCUT2D eigenvalue weighted by Crippen LogP contribution is -2.29. The molecule has 2 heterocycles. The molecule has 1 aromatic heterocycles. The van der Waals surface area contributed by atoms with Gasteiger partial charge in [-0.1, -0.05) is 62.2 Å². The second-order valence-electron chi connectivity index (χ2n) is 7.89. The van der Waals surface area contributed by atoms with Gasteiger partial charge in [-0.3, -0.25) is 4.79 Å². The molecule has 0 spiro atoms. The van der Waals surface area contributed by atoms with E-state index in [0.717, 1.165) is 47.6 Å². The van der Waals surface area contributed by atoms with E-state index in [1.54, 1.807) is 24.1 Å². The van der Waals surface area contributed by atoms with Crippen molar-refractivity contribution in [2.45, 2.75) is 68.9 Å². The van der Waals surface area contributed by atoms with Crippen LogP contribution < -0.4 is 0 Å². The summed E-state index contributed by atoms with van der Waals surface area (Å²) in [6.07, 6.45) is 5.04. The van der Waals surface area contributed by atoms with Crippen LogP contribution in [0, 0.1) is 0 Å². The molecule has 0 saturated carbocycles. The van der Waals surface area contributed by atoms with Crippen LogP contribution in [0.4, 0.5) is 0 Å². The number of hydrogen-bond acceptors (Lipinski definition) is 7. The van der Waals surface area contributed by atoms with E-state index in [4.69, 9.17) is 4.74 Å². The normalized spacial score (nSPS) is 17.0. The van der Waals surface area contributed by atoms with E-state index >= 15 is 0 Å². The van der Waals surface area contributed by atoms with Crippen LogP contribution in [0.15, 0.2) is 34.0 Å². The SMILES string of the molecule is CCCCCC(O)c1ccc(C2CCC(=O)N2CCSc2nc(C(=O)OCC)cs2)cc1. The molecule has 0 bridgehead atoms. The zero-order chi connectivity index (χ0) is 22.9. The van der Waals surface area contributed by atoms with Crippen LogP contribution in [0.2, 0.25) is 0 Å². The second kappa shape index (κ2) is 12.4. The van der Waals surface area contributed by atoms with Gasteiger partial charge < -0.3 is 14.7 Å². The third-order valence-corrected chi connectivity index (χ3v) is 7.64. The maximum absolute atomic E-state index is 12.5. The van der Waals surface area contributed by atoms with Crippen molar-refractivity contribution in [2.24, 2.45) is 0 Å². The third-order valence-electron chi connectivity index (χ3n) is 5.64. The number of thioether (sulfide) groups is 1. The number of hydrogen-bond donors (Lipinski definition) is 1. The minimum Gasteiger partial charge on any atom is -0.461 e. The number of carbonyl (C=O) groups is 2. The third kappa shape index (κ3) is 6.56. The Kier molecular flexibility index (Phi) is 9.56. The number of aliphatic hydroxyl groups excluding tert-OH is 1. The van der Waals surface area contributed by atoms with Crippen molar-refractivity contribution in [3.05, 3.63) is 46.5 Å². The van der Waals surface area contributed by atoms with Gasteiger partial charge in [0.05, 0.1) is 18.8 Å². The molecule has 2 atom stereocenters. The Labute approximate surface area is 198 Å². The fraction of sp³-hybridized carbons (Fsp3) is 0.542. The summed E-state index contributed by atoms with van der Waals surface area (Å²) in [5, 5.41) is 12.1. The number of thiazole rings is 1. The maximum atomic E-state index is 12.5.